The monoisotopic (exact) mass is 318 g/mol. The zero-order valence-corrected chi connectivity index (χ0v) is 14.5. The van der Waals surface area contributed by atoms with Crippen molar-refractivity contribution in [3.63, 3.8) is 0 Å². The van der Waals surface area contributed by atoms with Crippen LogP contribution in [0.4, 0.5) is 0 Å². The molecule has 0 N–H and O–H groups in total. The van der Waals surface area contributed by atoms with Crippen molar-refractivity contribution in [3.8, 4) is 11.5 Å². The molecule has 1 heterocycles. The van der Waals surface area contributed by atoms with Gasteiger partial charge in [0.25, 0.3) is 0 Å². The maximum atomic E-state index is 11.2. The number of carbonyl (C=O) groups is 1. The molecule has 0 aliphatic carbocycles. The molecule has 0 spiro atoms. The van der Waals surface area contributed by atoms with Gasteiger partial charge in [0.15, 0.2) is 6.29 Å². The Morgan fingerprint density at radius 2 is 1.48 bits per heavy atom. The average molecular weight is 318 g/mol. The van der Waals surface area contributed by atoms with Crippen molar-refractivity contribution in [2.75, 3.05) is 14.2 Å². The minimum Gasteiger partial charge on any atom is -0.496 e. The lowest BCUT2D eigenvalue weighted by Gasteiger charge is -2.32. The van der Waals surface area contributed by atoms with E-state index in [9.17, 15) is 4.79 Å². The minimum absolute atomic E-state index is 0.376. The van der Waals surface area contributed by atoms with E-state index in [1.165, 1.54) is 14.2 Å². The van der Waals surface area contributed by atoms with Gasteiger partial charge in [0.1, 0.15) is 11.5 Å². The van der Waals surface area contributed by atoms with Gasteiger partial charge in [0.2, 0.25) is 0 Å². The van der Waals surface area contributed by atoms with Gasteiger partial charge in [-0.25, -0.2) is 0 Å². The highest BCUT2D eigenvalue weighted by molar-refractivity contribution is 6.52. The van der Waals surface area contributed by atoms with Gasteiger partial charge in [-0.3, -0.25) is 4.79 Å². The van der Waals surface area contributed by atoms with E-state index in [1.54, 1.807) is 12.1 Å². The number of hydrogen-bond acceptors (Lipinski definition) is 5. The second kappa shape index (κ2) is 6.38. The van der Waals surface area contributed by atoms with Gasteiger partial charge in [-0.15, -0.1) is 0 Å². The molecule has 1 aliphatic heterocycles. The topological polar surface area (TPSA) is 54.0 Å². The Balaban J connectivity index is 2.26. The molecule has 0 amide bonds. The summed E-state index contributed by atoms with van der Waals surface area (Å²) in [7, 11) is 2.61. The summed E-state index contributed by atoms with van der Waals surface area (Å²) < 4.78 is 22.3. The van der Waals surface area contributed by atoms with Crippen molar-refractivity contribution >= 4 is 19.5 Å². The molecule has 1 aromatic rings. The summed E-state index contributed by atoms with van der Waals surface area (Å²) in [5.74, 6) is 2.77. The molecule has 0 aromatic heterocycles. The summed E-state index contributed by atoms with van der Waals surface area (Å²) in [6.45, 7) is 8.02. The minimum atomic E-state index is -0.428. The normalized spacial score (nSPS) is 19.1. The first-order valence-electron chi connectivity index (χ1n) is 7.49. The van der Waals surface area contributed by atoms with Gasteiger partial charge in [-0.1, -0.05) is 12.1 Å². The van der Waals surface area contributed by atoms with Crippen molar-refractivity contribution in [2.24, 2.45) is 0 Å². The van der Waals surface area contributed by atoms with E-state index in [0.717, 1.165) is 11.8 Å². The zero-order chi connectivity index (χ0) is 17.3. The smallest absolute Gasteiger partial charge is 0.487 e. The SMILES string of the molecule is COc1cc(/C=C/B2OC(C)(C)C(C)(C)O2)cc(OC)c1C=O. The Hall–Kier alpha value is -1.79. The number of aldehydes is 1. The third-order valence-corrected chi connectivity index (χ3v) is 4.40. The summed E-state index contributed by atoms with van der Waals surface area (Å²) in [5, 5.41) is 0. The molecule has 124 valence electrons. The van der Waals surface area contributed by atoms with Crippen LogP contribution in [-0.2, 0) is 9.31 Å². The summed E-state index contributed by atoms with van der Waals surface area (Å²) in [6.07, 6.45) is 2.58. The molecule has 23 heavy (non-hydrogen) atoms. The van der Waals surface area contributed by atoms with Crippen molar-refractivity contribution in [3.05, 3.63) is 29.2 Å². The standard InChI is InChI=1S/C17H23BO5/c1-16(2)17(3,4)23-18(22-16)8-7-12-9-14(20-5)13(11-19)15(10-12)21-6/h7-11H,1-6H3/b8-7+. The van der Waals surface area contributed by atoms with E-state index in [1.807, 2.05) is 39.7 Å². The van der Waals surface area contributed by atoms with Crippen LogP contribution in [0.2, 0.25) is 0 Å². The van der Waals surface area contributed by atoms with Crippen molar-refractivity contribution in [1.82, 2.24) is 0 Å². The first kappa shape index (κ1) is 17.6. The first-order valence-corrected chi connectivity index (χ1v) is 7.49. The Morgan fingerprint density at radius 1 is 1.00 bits per heavy atom. The number of methoxy groups -OCH3 is 2. The average Bonchev–Trinajstić information content (AvgIpc) is 2.71. The van der Waals surface area contributed by atoms with Crippen LogP contribution in [0.25, 0.3) is 6.08 Å². The van der Waals surface area contributed by atoms with Gasteiger partial charge >= 0.3 is 7.12 Å². The molecule has 2 rings (SSSR count). The predicted molar refractivity (Wildman–Crippen MR) is 90.0 cm³/mol. The summed E-state index contributed by atoms with van der Waals surface area (Å²) >= 11 is 0. The second-order valence-electron chi connectivity index (χ2n) is 6.44. The lowest BCUT2D eigenvalue weighted by atomic mass is 9.89. The number of rotatable bonds is 5. The van der Waals surface area contributed by atoms with Gasteiger partial charge < -0.3 is 18.8 Å². The molecule has 0 atom stereocenters. The summed E-state index contributed by atoms with van der Waals surface area (Å²) in [5.41, 5.74) is 0.471. The molecular formula is C17H23BO5. The van der Waals surface area contributed by atoms with Crippen LogP contribution in [0.1, 0.15) is 43.6 Å². The number of hydrogen-bond donors (Lipinski definition) is 0. The van der Waals surface area contributed by atoms with Crippen LogP contribution in [-0.4, -0.2) is 38.8 Å². The maximum absolute atomic E-state index is 11.2. The van der Waals surface area contributed by atoms with Crippen molar-refractivity contribution in [2.45, 2.75) is 38.9 Å². The Labute approximate surface area is 137 Å². The molecule has 0 bridgehead atoms. The molecule has 1 aromatic carbocycles. The quantitative estimate of drug-likeness (QED) is 0.616. The van der Waals surface area contributed by atoms with E-state index < -0.39 is 7.12 Å². The number of ether oxygens (including phenoxy) is 2. The fourth-order valence-corrected chi connectivity index (χ4v) is 2.33. The fourth-order valence-electron chi connectivity index (χ4n) is 2.33. The largest absolute Gasteiger partial charge is 0.496 e. The van der Waals surface area contributed by atoms with E-state index >= 15 is 0 Å². The molecular weight excluding hydrogens is 295 g/mol. The van der Waals surface area contributed by atoms with E-state index in [0.29, 0.717) is 17.1 Å². The Kier molecular flexibility index (Phi) is 4.87. The Bertz CT molecular complexity index is 580. The lowest BCUT2D eigenvalue weighted by Crippen LogP contribution is -2.41. The van der Waals surface area contributed by atoms with Crippen molar-refractivity contribution < 1.29 is 23.6 Å². The maximum Gasteiger partial charge on any atom is 0.487 e. The highest BCUT2D eigenvalue weighted by atomic mass is 16.7. The molecule has 0 unspecified atom stereocenters. The highest BCUT2D eigenvalue weighted by Gasteiger charge is 2.49. The lowest BCUT2D eigenvalue weighted by molar-refractivity contribution is 0.00578. The van der Waals surface area contributed by atoms with E-state index in [2.05, 4.69) is 0 Å². The van der Waals surface area contributed by atoms with E-state index in [-0.39, 0.29) is 11.2 Å². The second-order valence-corrected chi connectivity index (χ2v) is 6.44. The molecule has 5 nitrogen and oxygen atoms in total. The van der Waals surface area contributed by atoms with Crippen LogP contribution >= 0.6 is 0 Å². The van der Waals surface area contributed by atoms with E-state index in [4.69, 9.17) is 18.8 Å². The summed E-state index contributed by atoms with van der Waals surface area (Å²) in [4.78, 5) is 11.2. The molecule has 1 saturated heterocycles. The van der Waals surface area contributed by atoms with Gasteiger partial charge in [0.05, 0.1) is 31.0 Å². The molecule has 1 fully saturated rings. The van der Waals surface area contributed by atoms with Crippen LogP contribution in [0.3, 0.4) is 0 Å². The van der Waals surface area contributed by atoms with Crippen LogP contribution < -0.4 is 9.47 Å². The van der Waals surface area contributed by atoms with Crippen molar-refractivity contribution in [1.29, 1.82) is 0 Å². The highest BCUT2D eigenvalue weighted by Crippen LogP contribution is 2.37. The third-order valence-electron chi connectivity index (χ3n) is 4.40. The third kappa shape index (κ3) is 3.43. The summed E-state index contributed by atoms with van der Waals surface area (Å²) in [6, 6.07) is 3.54. The van der Waals surface area contributed by atoms with Gasteiger partial charge in [-0.2, -0.15) is 0 Å². The Morgan fingerprint density at radius 3 is 1.87 bits per heavy atom. The van der Waals surface area contributed by atoms with Crippen LogP contribution in [0, 0.1) is 0 Å². The van der Waals surface area contributed by atoms with Gasteiger partial charge in [0, 0.05) is 0 Å². The number of carbonyl (C=O) groups excluding carboxylic acids is 1. The van der Waals surface area contributed by atoms with Gasteiger partial charge in [-0.05, 0) is 45.4 Å². The molecule has 0 saturated carbocycles. The predicted octanol–water partition coefficient (Wildman–Crippen LogP) is 3.16. The van der Waals surface area contributed by atoms with Crippen LogP contribution in [0.5, 0.6) is 11.5 Å². The van der Waals surface area contributed by atoms with Crippen LogP contribution in [0.15, 0.2) is 18.1 Å². The molecule has 6 heteroatoms. The molecule has 0 radical (unpaired) electrons. The first-order chi connectivity index (χ1) is 10.7. The fraction of sp³-hybridized carbons (Fsp3) is 0.471. The number of benzene rings is 1. The zero-order valence-electron chi connectivity index (χ0n) is 14.5. The molecule has 1 aliphatic rings.